The summed E-state index contributed by atoms with van der Waals surface area (Å²) >= 11 is 0. The van der Waals surface area contributed by atoms with Gasteiger partial charge in [-0.25, -0.2) is 0 Å². The third-order valence-electron chi connectivity index (χ3n) is 1.83. The molecule has 0 unspecified atom stereocenters. The fourth-order valence-electron chi connectivity index (χ4n) is 1.23. The number of nitrogens with two attached hydrogens (primary N) is 1. The molecule has 5 nitrogen and oxygen atoms in total. The van der Waals surface area contributed by atoms with E-state index in [0.717, 1.165) is 11.5 Å². The first-order chi connectivity index (χ1) is 6.31. The van der Waals surface area contributed by atoms with Crippen molar-refractivity contribution in [3.05, 3.63) is 24.2 Å². The predicted molar refractivity (Wildman–Crippen MR) is 50.2 cm³/mol. The van der Waals surface area contributed by atoms with Gasteiger partial charge in [0.25, 0.3) is 0 Å². The molecule has 0 aromatic carbocycles. The lowest BCUT2D eigenvalue weighted by Crippen LogP contribution is -2.09. The van der Waals surface area contributed by atoms with Crippen molar-refractivity contribution in [2.45, 2.75) is 6.54 Å². The quantitative estimate of drug-likeness (QED) is 0.679. The molecular formula is C8H11N5. The van der Waals surface area contributed by atoms with E-state index in [1.807, 2.05) is 29.8 Å². The molecule has 0 aliphatic rings. The van der Waals surface area contributed by atoms with Crippen molar-refractivity contribution < 1.29 is 0 Å². The lowest BCUT2D eigenvalue weighted by molar-refractivity contribution is 0.747. The van der Waals surface area contributed by atoms with Crippen LogP contribution in [0.15, 0.2) is 18.3 Å². The van der Waals surface area contributed by atoms with Crippen LogP contribution in [-0.2, 0) is 6.54 Å². The highest BCUT2D eigenvalue weighted by atomic mass is 15.3. The second-order valence-corrected chi connectivity index (χ2v) is 2.84. The van der Waals surface area contributed by atoms with Crippen molar-refractivity contribution >= 4 is 11.3 Å². The average Bonchev–Trinajstić information content (AvgIpc) is 2.49. The summed E-state index contributed by atoms with van der Waals surface area (Å²) in [7, 11) is 1.87. The van der Waals surface area contributed by atoms with Crippen molar-refractivity contribution in [2.75, 3.05) is 12.8 Å². The molecule has 2 rings (SSSR count). The molecule has 0 radical (unpaired) electrons. The van der Waals surface area contributed by atoms with Crippen LogP contribution in [0.1, 0.15) is 5.82 Å². The van der Waals surface area contributed by atoms with Crippen LogP contribution >= 0.6 is 0 Å². The van der Waals surface area contributed by atoms with E-state index in [1.54, 1.807) is 0 Å². The van der Waals surface area contributed by atoms with E-state index in [-0.39, 0.29) is 0 Å². The Kier molecular flexibility index (Phi) is 1.86. The zero-order valence-electron chi connectivity index (χ0n) is 7.36. The molecule has 0 amide bonds. The Hall–Kier alpha value is -1.62. The van der Waals surface area contributed by atoms with Gasteiger partial charge in [0.1, 0.15) is 0 Å². The minimum atomic E-state index is 0.685. The minimum Gasteiger partial charge on any atom is -0.398 e. The highest BCUT2D eigenvalue weighted by Gasteiger charge is 2.02. The fraction of sp³-hybridized carbons (Fsp3) is 0.250. The Bertz CT molecular complexity index is 419. The molecule has 0 fully saturated rings. The highest BCUT2D eigenvalue weighted by molar-refractivity contribution is 5.46. The number of fused-ring (bicyclic) bond motifs is 1. The zero-order chi connectivity index (χ0) is 9.26. The Morgan fingerprint density at radius 2 is 2.31 bits per heavy atom. The van der Waals surface area contributed by atoms with Gasteiger partial charge in [0, 0.05) is 11.9 Å². The molecule has 0 bridgehead atoms. The van der Waals surface area contributed by atoms with E-state index < -0.39 is 0 Å². The number of nitrogens with one attached hydrogen (secondary N) is 1. The standard InChI is InChI=1S/C8H11N5/c1-10-4-8-12-11-7-3-2-6(9)5-13(7)8/h2-3,5,10H,4,9H2,1H3. The Balaban J connectivity index is 2.58. The van der Waals surface area contributed by atoms with Crippen LogP contribution in [0.4, 0.5) is 5.69 Å². The molecule has 13 heavy (non-hydrogen) atoms. The number of rotatable bonds is 2. The van der Waals surface area contributed by atoms with Gasteiger partial charge in [-0.1, -0.05) is 0 Å². The first-order valence-electron chi connectivity index (χ1n) is 4.05. The van der Waals surface area contributed by atoms with Crippen LogP contribution in [0.25, 0.3) is 5.65 Å². The number of aromatic nitrogens is 3. The first-order valence-corrected chi connectivity index (χ1v) is 4.05. The summed E-state index contributed by atoms with van der Waals surface area (Å²) < 4.78 is 1.88. The summed E-state index contributed by atoms with van der Waals surface area (Å²) in [6.07, 6.45) is 1.82. The highest BCUT2D eigenvalue weighted by Crippen LogP contribution is 2.07. The van der Waals surface area contributed by atoms with Crippen LogP contribution in [0.3, 0.4) is 0 Å². The van der Waals surface area contributed by atoms with Crippen molar-refractivity contribution in [3.63, 3.8) is 0 Å². The molecular weight excluding hydrogens is 166 g/mol. The third kappa shape index (κ3) is 1.33. The Labute approximate surface area is 75.6 Å². The molecule has 68 valence electrons. The van der Waals surface area contributed by atoms with Crippen LogP contribution in [0.2, 0.25) is 0 Å². The maximum atomic E-state index is 5.65. The lowest BCUT2D eigenvalue weighted by Gasteiger charge is -1.99. The van der Waals surface area contributed by atoms with E-state index in [4.69, 9.17) is 5.73 Å². The van der Waals surface area contributed by atoms with Gasteiger partial charge < -0.3 is 11.1 Å². The van der Waals surface area contributed by atoms with Crippen molar-refractivity contribution in [3.8, 4) is 0 Å². The maximum absolute atomic E-state index is 5.65. The minimum absolute atomic E-state index is 0.685. The number of nitrogen functional groups attached to an aromatic ring is 1. The molecule has 0 atom stereocenters. The molecule has 2 aromatic rings. The van der Waals surface area contributed by atoms with E-state index in [0.29, 0.717) is 12.2 Å². The van der Waals surface area contributed by atoms with Crippen LogP contribution in [0.5, 0.6) is 0 Å². The van der Waals surface area contributed by atoms with Gasteiger partial charge in [-0.15, -0.1) is 10.2 Å². The van der Waals surface area contributed by atoms with Gasteiger partial charge in [-0.05, 0) is 19.2 Å². The maximum Gasteiger partial charge on any atom is 0.160 e. The van der Waals surface area contributed by atoms with Gasteiger partial charge in [0.2, 0.25) is 0 Å². The summed E-state index contributed by atoms with van der Waals surface area (Å²) in [6, 6.07) is 3.66. The summed E-state index contributed by atoms with van der Waals surface area (Å²) in [6.45, 7) is 0.685. The summed E-state index contributed by atoms with van der Waals surface area (Å²) in [5, 5.41) is 11.0. The van der Waals surface area contributed by atoms with Crippen LogP contribution < -0.4 is 11.1 Å². The average molecular weight is 177 g/mol. The molecule has 0 spiro atoms. The molecule has 2 heterocycles. The van der Waals surface area contributed by atoms with E-state index in [2.05, 4.69) is 15.5 Å². The van der Waals surface area contributed by atoms with Crippen molar-refractivity contribution in [2.24, 2.45) is 0 Å². The molecule has 3 N–H and O–H groups in total. The van der Waals surface area contributed by atoms with Gasteiger partial charge >= 0.3 is 0 Å². The lowest BCUT2D eigenvalue weighted by atomic mass is 10.4. The SMILES string of the molecule is CNCc1nnc2ccc(N)cn12. The molecule has 0 saturated carbocycles. The van der Waals surface area contributed by atoms with E-state index >= 15 is 0 Å². The second kappa shape index (κ2) is 3.02. The molecule has 0 aliphatic carbocycles. The van der Waals surface area contributed by atoms with E-state index in [1.165, 1.54) is 0 Å². The number of nitrogens with zero attached hydrogens (tertiary/aromatic N) is 3. The summed E-state index contributed by atoms with van der Waals surface area (Å²) in [5.41, 5.74) is 7.18. The van der Waals surface area contributed by atoms with Gasteiger partial charge in [0.15, 0.2) is 11.5 Å². The summed E-state index contributed by atoms with van der Waals surface area (Å²) in [5.74, 6) is 0.866. The number of hydrogen-bond acceptors (Lipinski definition) is 4. The van der Waals surface area contributed by atoms with Crippen molar-refractivity contribution in [1.29, 1.82) is 0 Å². The van der Waals surface area contributed by atoms with Gasteiger partial charge in [-0.2, -0.15) is 0 Å². The Morgan fingerprint density at radius 1 is 1.46 bits per heavy atom. The smallest absolute Gasteiger partial charge is 0.160 e. The summed E-state index contributed by atoms with van der Waals surface area (Å²) in [4.78, 5) is 0. The van der Waals surface area contributed by atoms with Gasteiger partial charge in [0.05, 0.1) is 6.54 Å². The predicted octanol–water partition coefficient (Wildman–Crippen LogP) is 0.0309. The number of pyridine rings is 1. The number of hydrogen-bond donors (Lipinski definition) is 2. The van der Waals surface area contributed by atoms with E-state index in [9.17, 15) is 0 Å². The zero-order valence-corrected chi connectivity index (χ0v) is 7.36. The molecule has 0 saturated heterocycles. The molecule has 5 heteroatoms. The monoisotopic (exact) mass is 177 g/mol. The first kappa shape index (κ1) is 8.00. The van der Waals surface area contributed by atoms with Crippen molar-refractivity contribution in [1.82, 2.24) is 19.9 Å². The van der Waals surface area contributed by atoms with Crippen LogP contribution in [0, 0.1) is 0 Å². The molecule has 0 aliphatic heterocycles. The fourth-order valence-corrected chi connectivity index (χ4v) is 1.23. The van der Waals surface area contributed by atoms with Gasteiger partial charge in [-0.3, -0.25) is 4.40 Å². The van der Waals surface area contributed by atoms with Crippen LogP contribution in [-0.4, -0.2) is 21.6 Å². The second-order valence-electron chi connectivity index (χ2n) is 2.84. The Morgan fingerprint density at radius 3 is 3.08 bits per heavy atom. The normalized spacial score (nSPS) is 10.8. The largest absolute Gasteiger partial charge is 0.398 e. The topological polar surface area (TPSA) is 68.2 Å². The number of anilines is 1. The third-order valence-corrected chi connectivity index (χ3v) is 1.83. The molecule has 2 aromatic heterocycles.